The second-order valence-electron chi connectivity index (χ2n) is 5.66. The van der Waals surface area contributed by atoms with E-state index in [2.05, 4.69) is 10.6 Å². The fourth-order valence-electron chi connectivity index (χ4n) is 2.83. The van der Waals surface area contributed by atoms with Crippen LogP contribution in [0.1, 0.15) is 26.2 Å². The van der Waals surface area contributed by atoms with Crippen molar-refractivity contribution in [3.63, 3.8) is 0 Å². The first-order valence-electron chi connectivity index (χ1n) is 7.64. The zero-order valence-electron chi connectivity index (χ0n) is 12.6. The van der Waals surface area contributed by atoms with E-state index in [1.807, 2.05) is 0 Å². The molecule has 0 atom stereocenters. The van der Waals surface area contributed by atoms with Crippen LogP contribution < -0.4 is 10.6 Å². The summed E-state index contributed by atoms with van der Waals surface area (Å²) < 4.78 is 0. The molecule has 2 N–H and O–H groups in total. The lowest BCUT2D eigenvalue weighted by atomic mass is 10.0. The average Bonchev–Trinajstić information content (AvgIpc) is 2.75. The van der Waals surface area contributed by atoms with E-state index in [-0.39, 0.29) is 11.9 Å². The summed E-state index contributed by atoms with van der Waals surface area (Å²) in [6, 6.07) is 0.115. The Bertz CT molecular complexity index is 397. The third-order valence-corrected chi connectivity index (χ3v) is 4.00. The first-order chi connectivity index (χ1) is 10.1. The molecule has 0 saturated carbocycles. The van der Waals surface area contributed by atoms with Crippen LogP contribution in [0.15, 0.2) is 0 Å². The lowest BCUT2D eigenvalue weighted by Gasteiger charge is -2.33. The molecule has 7 heteroatoms. The summed E-state index contributed by atoms with van der Waals surface area (Å²) in [5.74, 6) is -0.845. The SMILES string of the molecule is CC(=O)NC1CCN(C(=O)C(=O)N2CCCNCC2)CC1. The molecule has 0 radical (unpaired) electrons. The topological polar surface area (TPSA) is 81.8 Å². The van der Waals surface area contributed by atoms with Crippen LogP contribution in [0.3, 0.4) is 0 Å². The van der Waals surface area contributed by atoms with Crippen LogP contribution in [0.25, 0.3) is 0 Å². The number of nitrogens with zero attached hydrogens (tertiary/aromatic N) is 2. The molecular formula is C14H24N4O3. The highest BCUT2D eigenvalue weighted by molar-refractivity contribution is 6.34. The minimum absolute atomic E-state index is 0.0482. The molecule has 7 nitrogen and oxygen atoms in total. The zero-order valence-corrected chi connectivity index (χ0v) is 12.6. The van der Waals surface area contributed by atoms with Crippen molar-refractivity contribution in [3.05, 3.63) is 0 Å². The summed E-state index contributed by atoms with van der Waals surface area (Å²) >= 11 is 0. The molecule has 3 amide bonds. The highest BCUT2D eigenvalue weighted by Crippen LogP contribution is 2.11. The summed E-state index contributed by atoms with van der Waals surface area (Å²) in [6.07, 6.45) is 2.30. The van der Waals surface area contributed by atoms with Gasteiger partial charge in [-0.2, -0.15) is 0 Å². The molecule has 118 valence electrons. The van der Waals surface area contributed by atoms with Gasteiger partial charge >= 0.3 is 11.8 Å². The molecule has 2 saturated heterocycles. The van der Waals surface area contributed by atoms with E-state index in [0.29, 0.717) is 39.0 Å². The molecule has 0 bridgehead atoms. The third kappa shape index (κ3) is 4.42. The number of piperidine rings is 1. The average molecular weight is 296 g/mol. The van der Waals surface area contributed by atoms with Crippen LogP contribution in [0, 0.1) is 0 Å². The van der Waals surface area contributed by atoms with Crippen LogP contribution in [0.2, 0.25) is 0 Å². The molecule has 2 heterocycles. The largest absolute Gasteiger partial charge is 0.353 e. The molecule has 2 rings (SSSR count). The van der Waals surface area contributed by atoms with Gasteiger partial charge < -0.3 is 20.4 Å². The van der Waals surface area contributed by atoms with Crippen molar-refractivity contribution in [2.75, 3.05) is 39.3 Å². The molecule has 21 heavy (non-hydrogen) atoms. The van der Waals surface area contributed by atoms with Gasteiger partial charge in [0.25, 0.3) is 0 Å². The van der Waals surface area contributed by atoms with Crippen molar-refractivity contribution in [2.24, 2.45) is 0 Å². The monoisotopic (exact) mass is 296 g/mol. The molecule has 0 unspecified atom stereocenters. The standard InChI is InChI=1S/C14H24N4O3/c1-11(19)16-12-3-8-18(9-4-12)14(21)13(20)17-7-2-5-15-6-10-17/h12,15H,2-10H2,1H3,(H,16,19). The third-order valence-electron chi connectivity index (χ3n) is 4.00. The summed E-state index contributed by atoms with van der Waals surface area (Å²) in [4.78, 5) is 38.8. The Hall–Kier alpha value is -1.63. The number of nitrogens with one attached hydrogen (secondary N) is 2. The minimum atomic E-state index is -0.404. The summed E-state index contributed by atoms with van der Waals surface area (Å²) in [5, 5.41) is 6.08. The van der Waals surface area contributed by atoms with E-state index in [1.165, 1.54) is 6.92 Å². The van der Waals surface area contributed by atoms with Crippen molar-refractivity contribution in [2.45, 2.75) is 32.2 Å². The van der Waals surface area contributed by atoms with E-state index in [9.17, 15) is 14.4 Å². The van der Waals surface area contributed by atoms with E-state index in [1.54, 1.807) is 9.80 Å². The summed E-state index contributed by atoms with van der Waals surface area (Å²) in [7, 11) is 0. The van der Waals surface area contributed by atoms with Gasteiger partial charge in [-0.3, -0.25) is 14.4 Å². The van der Waals surface area contributed by atoms with E-state index >= 15 is 0 Å². The van der Waals surface area contributed by atoms with Gasteiger partial charge in [-0.05, 0) is 25.8 Å². The zero-order chi connectivity index (χ0) is 15.2. The lowest BCUT2D eigenvalue weighted by Crippen LogP contribution is -2.51. The molecule has 0 aliphatic carbocycles. The van der Waals surface area contributed by atoms with Gasteiger partial charge in [-0.15, -0.1) is 0 Å². The number of carbonyl (C=O) groups is 3. The maximum atomic E-state index is 12.3. The van der Waals surface area contributed by atoms with Crippen LogP contribution in [-0.4, -0.2) is 72.8 Å². The Morgan fingerprint density at radius 3 is 2.19 bits per heavy atom. The van der Waals surface area contributed by atoms with E-state index in [4.69, 9.17) is 0 Å². The van der Waals surface area contributed by atoms with Crippen molar-refractivity contribution in [1.29, 1.82) is 0 Å². The lowest BCUT2D eigenvalue weighted by molar-refractivity contribution is -0.152. The Morgan fingerprint density at radius 1 is 0.952 bits per heavy atom. The fourth-order valence-corrected chi connectivity index (χ4v) is 2.83. The molecule has 2 aliphatic heterocycles. The Labute approximate surface area is 125 Å². The molecule has 0 spiro atoms. The maximum Gasteiger partial charge on any atom is 0.312 e. The van der Waals surface area contributed by atoms with Crippen LogP contribution >= 0.6 is 0 Å². The van der Waals surface area contributed by atoms with Crippen molar-refractivity contribution < 1.29 is 14.4 Å². The first kappa shape index (κ1) is 15.8. The summed E-state index contributed by atoms with van der Waals surface area (Å²) in [5.41, 5.74) is 0. The number of amides is 3. The molecule has 0 aromatic heterocycles. The second kappa shape index (κ2) is 7.40. The number of carbonyl (C=O) groups excluding carboxylic acids is 3. The van der Waals surface area contributed by atoms with Gasteiger partial charge in [0.2, 0.25) is 5.91 Å². The Balaban J connectivity index is 1.83. The van der Waals surface area contributed by atoms with E-state index < -0.39 is 11.8 Å². The Morgan fingerprint density at radius 2 is 1.57 bits per heavy atom. The number of likely N-dealkylation sites (tertiary alicyclic amines) is 1. The smallest absolute Gasteiger partial charge is 0.312 e. The second-order valence-corrected chi connectivity index (χ2v) is 5.66. The highest BCUT2D eigenvalue weighted by Gasteiger charge is 2.30. The van der Waals surface area contributed by atoms with Crippen LogP contribution in [0.4, 0.5) is 0 Å². The van der Waals surface area contributed by atoms with Gasteiger partial charge in [0, 0.05) is 45.7 Å². The van der Waals surface area contributed by atoms with Gasteiger partial charge in [0.1, 0.15) is 0 Å². The first-order valence-corrected chi connectivity index (χ1v) is 7.64. The van der Waals surface area contributed by atoms with Gasteiger partial charge in [0.05, 0.1) is 0 Å². The molecule has 0 aromatic rings. The van der Waals surface area contributed by atoms with E-state index in [0.717, 1.165) is 19.5 Å². The van der Waals surface area contributed by atoms with Gasteiger partial charge in [-0.1, -0.05) is 0 Å². The maximum absolute atomic E-state index is 12.3. The predicted molar refractivity (Wildman–Crippen MR) is 77.5 cm³/mol. The van der Waals surface area contributed by atoms with Crippen molar-refractivity contribution in [3.8, 4) is 0 Å². The number of hydrogen-bond acceptors (Lipinski definition) is 4. The minimum Gasteiger partial charge on any atom is -0.353 e. The van der Waals surface area contributed by atoms with Crippen molar-refractivity contribution >= 4 is 17.7 Å². The van der Waals surface area contributed by atoms with Crippen LogP contribution in [0.5, 0.6) is 0 Å². The van der Waals surface area contributed by atoms with Gasteiger partial charge in [0.15, 0.2) is 0 Å². The normalized spacial score (nSPS) is 20.8. The molecule has 0 aromatic carbocycles. The molecule has 2 fully saturated rings. The van der Waals surface area contributed by atoms with Crippen molar-refractivity contribution in [1.82, 2.24) is 20.4 Å². The fraction of sp³-hybridized carbons (Fsp3) is 0.786. The molecular weight excluding hydrogens is 272 g/mol. The predicted octanol–water partition coefficient (Wildman–Crippen LogP) is -1.06. The highest BCUT2D eigenvalue weighted by atomic mass is 16.2. The van der Waals surface area contributed by atoms with Crippen LogP contribution in [-0.2, 0) is 14.4 Å². The Kier molecular flexibility index (Phi) is 5.55. The van der Waals surface area contributed by atoms with Gasteiger partial charge in [-0.25, -0.2) is 0 Å². The quantitative estimate of drug-likeness (QED) is 0.604. The molecule has 2 aliphatic rings. The number of hydrogen-bond donors (Lipinski definition) is 2. The number of rotatable bonds is 1. The summed E-state index contributed by atoms with van der Waals surface area (Å²) in [6.45, 7) is 5.41.